The maximum Gasteiger partial charge on any atom is 0.184 e. The molecule has 0 fully saturated rings. The van der Waals surface area contributed by atoms with Gasteiger partial charge in [0.15, 0.2) is 6.10 Å². The van der Waals surface area contributed by atoms with Crippen LogP contribution in [0.2, 0.25) is 0 Å². The Labute approximate surface area is 94.1 Å². The second-order valence-corrected chi connectivity index (χ2v) is 3.50. The van der Waals surface area contributed by atoms with Crippen molar-refractivity contribution >= 4 is 0 Å². The first-order valence-electron chi connectivity index (χ1n) is 5.12. The Bertz CT molecular complexity index is 398. The van der Waals surface area contributed by atoms with Crippen molar-refractivity contribution in [1.29, 1.82) is 5.26 Å². The number of nitriles is 1. The monoisotopic (exact) mass is 223 g/mol. The van der Waals surface area contributed by atoms with Gasteiger partial charge in [0.1, 0.15) is 17.6 Å². The number of nitrogens with zero attached hydrogens (tertiary/aromatic N) is 1. The van der Waals surface area contributed by atoms with Gasteiger partial charge in [-0.3, -0.25) is 0 Å². The van der Waals surface area contributed by atoms with Crippen LogP contribution in [0.3, 0.4) is 0 Å². The van der Waals surface area contributed by atoms with Crippen LogP contribution >= 0.6 is 0 Å². The van der Waals surface area contributed by atoms with Gasteiger partial charge in [-0.2, -0.15) is 5.26 Å². The molecule has 0 amide bonds. The third kappa shape index (κ3) is 2.94. The maximum absolute atomic E-state index is 13.0. The molecule has 0 saturated carbocycles. The number of hydrogen-bond donors (Lipinski definition) is 1. The lowest BCUT2D eigenvalue weighted by molar-refractivity contribution is 0.184. The van der Waals surface area contributed by atoms with E-state index in [0.29, 0.717) is 12.0 Å². The van der Waals surface area contributed by atoms with Crippen LogP contribution in [-0.2, 0) is 0 Å². The Hall–Kier alpha value is -1.60. The molecule has 0 aliphatic rings. The highest BCUT2D eigenvalue weighted by Crippen LogP contribution is 2.27. The first-order chi connectivity index (χ1) is 7.58. The quantitative estimate of drug-likeness (QED) is 0.853. The average molecular weight is 223 g/mol. The van der Waals surface area contributed by atoms with Crippen molar-refractivity contribution in [2.45, 2.75) is 32.5 Å². The van der Waals surface area contributed by atoms with Gasteiger partial charge in [0.2, 0.25) is 0 Å². The maximum atomic E-state index is 13.0. The van der Waals surface area contributed by atoms with Crippen LogP contribution in [0.1, 0.15) is 31.9 Å². The third-order valence-corrected chi connectivity index (χ3v) is 2.21. The topological polar surface area (TPSA) is 53.2 Å². The minimum absolute atomic E-state index is 0.225. The second kappa shape index (κ2) is 5.47. The van der Waals surface area contributed by atoms with Crippen molar-refractivity contribution in [2.24, 2.45) is 0 Å². The number of aliphatic hydroxyl groups is 1. The highest BCUT2D eigenvalue weighted by molar-refractivity contribution is 5.36. The van der Waals surface area contributed by atoms with E-state index in [1.54, 1.807) is 13.8 Å². The Kier molecular flexibility index (Phi) is 4.27. The second-order valence-electron chi connectivity index (χ2n) is 3.50. The summed E-state index contributed by atoms with van der Waals surface area (Å²) in [5.41, 5.74) is 0.482. The van der Waals surface area contributed by atoms with Gasteiger partial charge in [0.05, 0.1) is 6.10 Å². The molecule has 3 nitrogen and oxygen atoms in total. The predicted molar refractivity (Wildman–Crippen MR) is 57.4 cm³/mol. The number of hydrogen-bond acceptors (Lipinski definition) is 3. The van der Waals surface area contributed by atoms with Crippen LogP contribution in [0.5, 0.6) is 5.75 Å². The van der Waals surface area contributed by atoms with Crippen LogP contribution in [0.15, 0.2) is 18.2 Å². The molecular weight excluding hydrogens is 209 g/mol. The summed E-state index contributed by atoms with van der Waals surface area (Å²) >= 11 is 0. The molecule has 0 heterocycles. The normalized spacial score (nSPS) is 13.9. The zero-order chi connectivity index (χ0) is 12.1. The van der Waals surface area contributed by atoms with Gasteiger partial charge in [-0.05, 0) is 25.5 Å². The van der Waals surface area contributed by atoms with Gasteiger partial charge in [0.25, 0.3) is 0 Å². The van der Waals surface area contributed by atoms with Gasteiger partial charge in [0, 0.05) is 11.6 Å². The number of halogens is 1. The van der Waals surface area contributed by atoms with Crippen molar-refractivity contribution in [1.82, 2.24) is 0 Å². The molecule has 0 aliphatic carbocycles. The molecule has 2 unspecified atom stereocenters. The lowest BCUT2D eigenvalue weighted by atomic mass is 10.1. The fraction of sp³-hybridized carbons (Fsp3) is 0.417. The van der Waals surface area contributed by atoms with Crippen LogP contribution in [0.25, 0.3) is 0 Å². The Balaban J connectivity index is 3.01. The van der Waals surface area contributed by atoms with E-state index in [2.05, 4.69) is 0 Å². The van der Waals surface area contributed by atoms with E-state index in [1.807, 2.05) is 6.07 Å². The number of aliphatic hydroxyl groups excluding tert-OH is 1. The van der Waals surface area contributed by atoms with E-state index in [9.17, 15) is 9.50 Å². The molecule has 1 rings (SSSR count). The van der Waals surface area contributed by atoms with Gasteiger partial charge in [-0.25, -0.2) is 4.39 Å². The minimum atomic E-state index is -0.758. The molecule has 86 valence electrons. The summed E-state index contributed by atoms with van der Waals surface area (Å²) < 4.78 is 18.3. The van der Waals surface area contributed by atoms with Crippen molar-refractivity contribution in [3.05, 3.63) is 29.6 Å². The molecule has 0 saturated heterocycles. The number of rotatable bonds is 4. The van der Waals surface area contributed by atoms with Crippen molar-refractivity contribution in [3.63, 3.8) is 0 Å². The van der Waals surface area contributed by atoms with Crippen LogP contribution in [0.4, 0.5) is 4.39 Å². The van der Waals surface area contributed by atoms with Crippen molar-refractivity contribution in [3.8, 4) is 11.8 Å². The zero-order valence-electron chi connectivity index (χ0n) is 9.27. The first-order valence-corrected chi connectivity index (χ1v) is 5.12. The van der Waals surface area contributed by atoms with E-state index in [4.69, 9.17) is 10.00 Å². The summed E-state index contributed by atoms with van der Waals surface area (Å²) in [5.74, 6) is -0.226. The first kappa shape index (κ1) is 12.5. The molecule has 0 aliphatic heterocycles. The lowest BCUT2D eigenvalue weighted by Gasteiger charge is -2.15. The molecule has 1 aromatic rings. The zero-order valence-corrected chi connectivity index (χ0v) is 9.27. The van der Waals surface area contributed by atoms with E-state index in [-0.39, 0.29) is 5.75 Å². The van der Waals surface area contributed by atoms with Crippen molar-refractivity contribution in [2.75, 3.05) is 0 Å². The molecule has 0 radical (unpaired) electrons. The molecular formula is C12H14FNO2. The third-order valence-electron chi connectivity index (χ3n) is 2.21. The van der Waals surface area contributed by atoms with Crippen molar-refractivity contribution < 1.29 is 14.2 Å². The highest BCUT2D eigenvalue weighted by atomic mass is 19.1. The Morgan fingerprint density at radius 2 is 2.25 bits per heavy atom. The molecule has 16 heavy (non-hydrogen) atoms. The standard InChI is InChI=1S/C12H14FNO2/c1-3-10(7-14)16-12-6-9(13)4-5-11(12)8(2)15/h4-6,8,10,15H,3H2,1-2H3. The Morgan fingerprint density at radius 1 is 1.56 bits per heavy atom. The van der Waals surface area contributed by atoms with E-state index in [1.165, 1.54) is 18.2 Å². The fourth-order valence-corrected chi connectivity index (χ4v) is 1.31. The van der Waals surface area contributed by atoms with Gasteiger partial charge in [-0.15, -0.1) is 0 Å². The summed E-state index contributed by atoms with van der Waals surface area (Å²) in [4.78, 5) is 0. The minimum Gasteiger partial charge on any atom is -0.475 e. The summed E-state index contributed by atoms with van der Waals surface area (Å²) in [7, 11) is 0. The summed E-state index contributed by atoms with van der Waals surface area (Å²) in [5, 5.41) is 18.2. The predicted octanol–water partition coefficient (Wildman–Crippen LogP) is 2.56. The summed E-state index contributed by atoms with van der Waals surface area (Å²) in [6, 6.07) is 5.85. The largest absolute Gasteiger partial charge is 0.475 e. The van der Waals surface area contributed by atoms with Crippen LogP contribution in [-0.4, -0.2) is 11.2 Å². The van der Waals surface area contributed by atoms with Gasteiger partial charge < -0.3 is 9.84 Å². The number of benzene rings is 1. The van der Waals surface area contributed by atoms with Gasteiger partial charge in [-0.1, -0.05) is 6.92 Å². The molecule has 0 bridgehead atoms. The van der Waals surface area contributed by atoms with E-state index < -0.39 is 18.0 Å². The van der Waals surface area contributed by atoms with E-state index in [0.717, 1.165) is 0 Å². The summed E-state index contributed by atoms with van der Waals surface area (Å²) in [6.45, 7) is 3.36. The molecule has 2 atom stereocenters. The Morgan fingerprint density at radius 3 is 2.75 bits per heavy atom. The highest BCUT2D eigenvalue weighted by Gasteiger charge is 2.14. The number of ether oxygens (including phenoxy) is 1. The van der Waals surface area contributed by atoms with Crippen LogP contribution in [0, 0.1) is 17.1 Å². The van der Waals surface area contributed by atoms with E-state index >= 15 is 0 Å². The summed E-state index contributed by atoms with van der Waals surface area (Å²) in [6.07, 6.45) is -0.877. The molecule has 1 aromatic carbocycles. The fourth-order valence-electron chi connectivity index (χ4n) is 1.31. The van der Waals surface area contributed by atoms with Crippen LogP contribution < -0.4 is 4.74 Å². The smallest absolute Gasteiger partial charge is 0.184 e. The SMILES string of the molecule is CCC(C#N)Oc1cc(F)ccc1C(C)O. The molecule has 0 spiro atoms. The average Bonchev–Trinajstić information content (AvgIpc) is 2.25. The molecule has 0 aromatic heterocycles. The lowest BCUT2D eigenvalue weighted by Crippen LogP contribution is -2.14. The molecule has 1 N–H and O–H groups in total. The van der Waals surface area contributed by atoms with Gasteiger partial charge >= 0.3 is 0 Å². The molecule has 4 heteroatoms.